The van der Waals surface area contributed by atoms with Gasteiger partial charge in [-0.15, -0.1) is 5.10 Å². The highest BCUT2D eigenvalue weighted by atomic mass is 32.2. The summed E-state index contributed by atoms with van der Waals surface area (Å²) in [7, 11) is -4.49. The Balaban J connectivity index is 1.52. The minimum absolute atomic E-state index is 0.0191. The summed E-state index contributed by atoms with van der Waals surface area (Å²) in [6.07, 6.45) is 0. The van der Waals surface area contributed by atoms with Crippen LogP contribution in [0.2, 0.25) is 0 Å². The van der Waals surface area contributed by atoms with Gasteiger partial charge in [0.15, 0.2) is 5.13 Å². The predicted molar refractivity (Wildman–Crippen MR) is 111 cm³/mol. The molecule has 1 amide bonds. The van der Waals surface area contributed by atoms with Crippen LogP contribution in [0.3, 0.4) is 0 Å². The van der Waals surface area contributed by atoms with Crippen LogP contribution in [-0.2, 0) is 14.9 Å². The van der Waals surface area contributed by atoms with E-state index in [-0.39, 0.29) is 38.1 Å². The van der Waals surface area contributed by atoms with E-state index in [4.69, 9.17) is 4.42 Å². The molecule has 160 valence electrons. The number of nitrogens with zero attached hydrogens (tertiary/aromatic N) is 4. The monoisotopic (exact) mass is 469 g/mol. The average Bonchev–Trinajstić information content (AvgIpc) is 3.44. The number of anilines is 2. The van der Waals surface area contributed by atoms with Crippen molar-refractivity contribution in [3.05, 3.63) is 64.0 Å². The first-order valence-corrected chi connectivity index (χ1v) is 11.2. The van der Waals surface area contributed by atoms with Gasteiger partial charge in [0, 0.05) is 10.8 Å². The molecule has 4 aromatic rings. The predicted octanol–water partition coefficient (Wildman–Crippen LogP) is 1.25. The fraction of sp³-hybridized carbons (Fsp3) is 0. The minimum Gasteiger partial charge on any atom is -0.492 e. The highest BCUT2D eigenvalue weighted by Crippen LogP contribution is 2.35. The molecule has 0 spiro atoms. The Kier molecular flexibility index (Phi) is 4.58. The number of aromatic nitrogens is 3. The van der Waals surface area contributed by atoms with Crippen LogP contribution in [0, 0.1) is 0 Å². The summed E-state index contributed by atoms with van der Waals surface area (Å²) >= 11 is 0.908. The topological polar surface area (TPSA) is 168 Å². The zero-order valence-corrected chi connectivity index (χ0v) is 17.4. The lowest BCUT2D eigenvalue weighted by Crippen LogP contribution is -2.24. The average molecular weight is 469 g/mol. The van der Waals surface area contributed by atoms with Crippen molar-refractivity contribution in [2.24, 2.45) is 4.99 Å². The first-order valence-electron chi connectivity index (χ1n) is 8.90. The van der Waals surface area contributed by atoms with Gasteiger partial charge in [0.05, 0.1) is 15.8 Å². The minimum atomic E-state index is -4.49. The number of carbonyl (C=O) groups is 1. The summed E-state index contributed by atoms with van der Waals surface area (Å²) < 4.78 is 37.8. The number of hydrogen-bond donors (Lipinski definition) is 3. The second-order valence-corrected chi connectivity index (χ2v) is 8.94. The third-order valence-corrected chi connectivity index (χ3v) is 6.29. The van der Waals surface area contributed by atoms with E-state index in [0.717, 1.165) is 29.0 Å². The van der Waals surface area contributed by atoms with E-state index < -0.39 is 26.8 Å². The molecule has 5 rings (SSSR count). The summed E-state index contributed by atoms with van der Waals surface area (Å²) in [4.78, 5) is 19.9. The molecule has 13 heteroatoms. The van der Waals surface area contributed by atoms with Crippen LogP contribution in [0.4, 0.5) is 11.1 Å². The van der Waals surface area contributed by atoms with Gasteiger partial charge in [-0.3, -0.25) is 14.7 Å². The van der Waals surface area contributed by atoms with Gasteiger partial charge < -0.3 is 9.52 Å². The Morgan fingerprint density at radius 3 is 2.59 bits per heavy atom. The highest BCUT2D eigenvalue weighted by Gasteiger charge is 2.26. The van der Waals surface area contributed by atoms with Crippen molar-refractivity contribution >= 4 is 44.1 Å². The molecule has 0 radical (unpaired) electrons. The zero-order chi connectivity index (χ0) is 22.5. The van der Waals surface area contributed by atoms with Crippen molar-refractivity contribution in [1.82, 2.24) is 15.2 Å². The largest absolute Gasteiger partial charge is 0.492 e. The molecular formula is C19H11N5O6S2. The lowest BCUT2D eigenvalue weighted by Gasteiger charge is -1.98. The maximum absolute atomic E-state index is 12.5. The van der Waals surface area contributed by atoms with Crippen molar-refractivity contribution in [2.75, 3.05) is 5.32 Å². The molecule has 0 aliphatic carbocycles. The first-order chi connectivity index (χ1) is 15.3. The summed E-state index contributed by atoms with van der Waals surface area (Å²) in [5, 5.41) is 21.5. The van der Waals surface area contributed by atoms with E-state index in [1.807, 2.05) is 18.2 Å². The van der Waals surface area contributed by atoms with Crippen molar-refractivity contribution in [3.8, 4) is 17.3 Å². The summed E-state index contributed by atoms with van der Waals surface area (Å²) in [6, 6.07) is 12.7. The number of fused-ring (bicyclic) bond motifs is 1. The number of aromatic hydroxyl groups is 1. The number of benzene rings is 2. The molecule has 0 bridgehead atoms. The second-order valence-electron chi connectivity index (χ2n) is 6.52. The Morgan fingerprint density at radius 1 is 1.06 bits per heavy atom. The normalized spacial score (nSPS) is 13.2. The molecule has 0 saturated heterocycles. The maximum Gasteiger partial charge on any atom is 0.322 e. The Hall–Kier alpha value is -3.94. The van der Waals surface area contributed by atoms with E-state index in [0.29, 0.717) is 0 Å². The van der Waals surface area contributed by atoms with Gasteiger partial charge in [0.25, 0.3) is 16.0 Å². The molecule has 3 N–H and O–H groups in total. The second kappa shape index (κ2) is 7.33. The number of rotatable bonds is 5. The molecule has 0 atom stereocenters. The first kappa shape index (κ1) is 20.0. The molecular weight excluding hydrogens is 458 g/mol. The number of hydrogen-bond acceptors (Lipinski definition) is 10. The van der Waals surface area contributed by atoms with Crippen molar-refractivity contribution in [3.63, 3.8) is 0 Å². The van der Waals surface area contributed by atoms with Crippen LogP contribution >= 0.6 is 11.3 Å². The van der Waals surface area contributed by atoms with E-state index >= 15 is 0 Å². The number of carbonyl (C=O) groups excluding carboxylic acids is 1. The highest BCUT2D eigenvalue weighted by molar-refractivity contribution is 7.85. The molecule has 1 aliphatic rings. The van der Waals surface area contributed by atoms with Crippen LogP contribution in [0.1, 0.15) is 4.88 Å². The molecule has 0 fully saturated rings. The number of amides is 1. The molecule has 2 aromatic heterocycles. The quantitative estimate of drug-likeness (QED) is 0.362. The zero-order valence-electron chi connectivity index (χ0n) is 15.8. The fourth-order valence-electron chi connectivity index (χ4n) is 3.06. The third-order valence-electron chi connectivity index (χ3n) is 4.47. The van der Waals surface area contributed by atoms with Gasteiger partial charge in [-0.2, -0.15) is 13.4 Å². The van der Waals surface area contributed by atoms with Crippen LogP contribution in [0.25, 0.3) is 17.0 Å². The van der Waals surface area contributed by atoms with Crippen LogP contribution < -0.4 is 15.9 Å². The molecule has 0 unspecified atom stereocenters. The van der Waals surface area contributed by atoms with Crippen molar-refractivity contribution in [1.29, 1.82) is 0 Å². The van der Waals surface area contributed by atoms with E-state index in [1.165, 1.54) is 6.07 Å². The van der Waals surface area contributed by atoms with Crippen molar-refractivity contribution < 1.29 is 27.3 Å². The van der Waals surface area contributed by atoms with Crippen LogP contribution in [0.5, 0.6) is 5.88 Å². The molecule has 3 heterocycles. The van der Waals surface area contributed by atoms with Gasteiger partial charge >= 0.3 is 6.01 Å². The molecule has 2 aromatic carbocycles. The smallest absolute Gasteiger partial charge is 0.322 e. The van der Waals surface area contributed by atoms with Gasteiger partial charge in [0.1, 0.15) is 4.88 Å². The lowest BCUT2D eigenvalue weighted by molar-refractivity contribution is -0.112. The Labute approximate surface area is 183 Å². The Morgan fingerprint density at radius 2 is 1.84 bits per heavy atom. The van der Waals surface area contributed by atoms with Gasteiger partial charge in [-0.05, 0) is 30.3 Å². The maximum atomic E-state index is 12.5. The third kappa shape index (κ3) is 3.53. The lowest BCUT2D eigenvalue weighted by atomic mass is 10.1. The fourth-order valence-corrected chi connectivity index (χ4v) is 4.47. The van der Waals surface area contributed by atoms with E-state index in [9.17, 15) is 22.9 Å². The van der Waals surface area contributed by atoms with Gasteiger partial charge in [-0.25, -0.2) is 4.99 Å². The van der Waals surface area contributed by atoms with Crippen LogP contribution in [0.15, 0.2) is 62.8 Å². The molecule has 1 aliphatic heterocycles. The molecule has 0 saturated carbocycles. The van der Waals surface area contributed by atoms with E-state index in [1.54, 1.807) is 12.1 Å². The summed E-state index contributed by atoms with van der Waals surface area (Å²) in [5.74, 6) is -0.869. The SMILES string of the molecule is O=C1N=c2ccc(S(=O)(=O)O)cc2=C1c1sc(Nc2nnc(-c3ccccc3)o2)nc1O. The molecule has 32 heavy (non-hydrogen) atoms. The summed E-state index contributed by atoms with van der Waals surface area (Å²) in [5.41, 5.74) is 0.680. The van der Waals surface area contributed by atoms with Crippen molar-refractivity contribution in [2.45, 2.75) is 4.90 Å². The van der Waals surface area contributed by atoms with Gasteiger partial charge in [0.2, 0.25) is 11.8 Å². The standard InChI is InChI=1S/C19H11N5O6S2/c25-15-13(11-8-10(32(27,28)29)6-7-12(11)20-15)14-16(26)21-19(31-14)22-18-24-23-17(30-18)9-4-2-1-3-5-9/h1-8,26H,(H,21,22,24)(H,27,28,29). The summed E-state index contributed by atoms with van der Waals surface area (Å²) in [6.45, 7) is 0. The number of nitrogens with one attached hydrogen (secondary N) is 1. The van der Waals surface area contributed by atoms with Crippen LogP contribution in [-0.4, -0.2) is 39.2 Å². The van der Waals surface area contributed by atoms with Gasteiger partial charge in [-0.1, -0.05) is 34.6 Å². The molecule has 11 nitrogen and oxygen atoms in total. The number of thiazole rings is 1. The Bertz CT molecular complexity index is 1610. The van der Waals surface area contributed by atoms with E-state index in [2.05, 4.69) is 25.5 Å².